The number of phenols is 2. The number of hydrogen-bond acceptors (Lipinski definition) is 10. The summed E-state index contributed by atoms with van der Waals surface area (Å²) in [6, 6.07) is 19.8. The van der Waals surface area contributed by atoms with Gasteiger partial charge in [0.2, 0.25) is 0 Å². The Morgan fingerprint density at radius 1 is 0.500 bits per heavy atom. The first-order valence-electron chi connectivity index (χ1n) is 18.4. The van der Waals surface area contributed by atoms with Gasteiger partial charge >= 0.3 is 0 Å². The van der Waals surface area contributed by atoms with Gasteiger partial charge in [0, 0.05) is 125 Å². The summed E-state index contributed by atoms with van der Waals surface area (Å²) >= 11 is 0. The Morgan fingerprint density at radius 3 is 1.12 bits per heavy atom. The summed E-state index contributed by atoms with van der Waals surface area (Å²) in [6.07, 6.45) is 14.2. The van der Waals surface area contributed by atoms with Gasteiger partial charge in [-0.05, 0) is 99.2 Å². The number of phenolic OH excluding ortho intramolecular Hbond substituents is 2. The Kier molecular flexibility index (Phi) is 15.2. The molecular weight excluding hydrogens is 649 g/mol. The number of hydrogen-bond donors (Lipinski definition) is 2. The maximum Gasteiger partial charge on any atom is 0.133 e. The molecule has 1 aliphatic rings. The standard InChI is InChI=1S/C42H52N8O2/c1-33-23-35-27-43-13-7-19-49(31-39-11-3-5-17-47-39)21-9-15-45-29-37-25-34(2)26-38(42(37)52)30-46-16-10-22-50(32-40-12-4-6-18-48-40)20-8-14-44-28-36(24-33)41(35)51/h3-6,11-12,17-18,23-30,51-52H,7-10,13-16,19-22,31-32H2,1-2H3. The lowest BCUT2D eigenvalue weighted by Crippen LogP contribution is -2.27. The van der Waals surface area contributed by atoms with E-state index in [9.17, 15) is 10.2 Å². The van der Waals surface area contributed by atoms with Crippen LogP contribution >= 0.6 is 0 Å². The van der Waals surface area contributed by atoms with Crippen LogP contribution in [0, 0.1) is 13.8 Å². The van der Waals surface area contributed by atoms with Gasteiger partial charge in [0.25, 0.3) is 0 Å². The highest BCUT2D eigenvalue weighted by Crippen LogP contribution is 2.23. The lowest BCUT2D eigenvalue weighted by molar-refractivity contribution is 0.259. The van der Waals surface area contributed by atoms with Crippen LogP contribution < -0.4 is 0 Å². The molecule has 0 atom stereocenters. The summed E-state index contributed by atoms with van der Waals surface area (Å²) in [5.74, 6) is 0.408. The minimum absolute atomic E-state index is 0.204. The minimum Gasteiger partial charge on any atom is -0.507 e. The van der Waals surface area contributed by atoms with Gasteiger partial charge in [-0.3, -0.25) is 39.7 Å². The molecule has 0 unspecified atom stereocenters. The van der Waals surface area contributed by atoms with E-state index in [2.05, 4.69) is 51.9 Å². The predicted molar refractivity (Wildman–Crippen MR) is 213 cm³/mol. The van der Waals surface area contributed by atoms with E-state index < -0.39 is 0 Å². The molecule has 10 nitrogen and oxygen atoms in total. The van der Waals surface area contributed by atoms with E-state index in [-0.39, 0.29) is 11.5 Å². The van der Waals surface area contributed by atoms with Crippen molar-refractivity contribution >= 4 is 24.9 Å². The second kappa shape index (κ2) is 20.7. The fourth-order valence-corrected chi connectivity index (χ4v) is 6.24. The minimum atomic E-state index is 0.204. The average molecular weight is 701 g/mol. The van der Waals surface area contributed by atoms with Crippen LogP contribution in [0.3, 0.4) is 0 Å². The first-order chi connectivity index (χ1) is 25.4. The number of aromatic nitrogens is 2. The molecule has 2 N–H and O–H groups in total. The third kappa shape index (κ3) is 12.6. The highest BCUT2D eigenvalue weighted by atomic mass is 16.3. The van der Waals surface area contributed by atoms with E-state index in [1.54, 1.807) is 24.9 Å². The van der Waals surface area contributed by atoms with Crippen LogP contribution in [0.15, 0.2) is 93.0 Å². The number of pyridine rings is 2. The highest BCUT2D eigenvalue weighted by Gasteiger charge is 2.10. The highest BCUT2D eigenvalue weighted by molar-refractivity contribution is 5.93. The maximum atomic E-state index is 11.1. The zero-order valence-electron chi connectivity index (χ0n) is 30.6. The van der Waals surface area contributed by atoms with E-state index in [0.717, 1.165) is 87.5 Å². The molecule has 52 heavy (non-hydrogen) atoms. The summed E-state index contributed by atoms with van der Waals surface area (Å²) in [6.45, 7) is 11.5. The Hall–Kier alpha value is -5.06. The smallest absolute Gasteiger partial charge is 0.133 e. The number of fused-ring (bicyclic) bond motifs is 4. The van der Waals surface area contributed by atoms with Gasteiger partial charge in [0.05, 0.1) is 11.4 Å². The first kappa shape index (κ1) is 38.2. The van der Waals surface area contributed by atoms with Crippen LogP contribution in [0.5, 0.6) is 11.5 Å². The summed E-state index contributed by atoms with van der Waals surface area (Å²) in [5.41, 5.74) is 6.96. The van der Waals surface area contributed by atoms with Crippen molar-refractivity contribution in [3.63, 3.8) is 0 Å². The van der Waals surface area contributed by atoms with E-state index in [1.807, 2.05) is 74.8 Å². The van der Waals surface area contributed by atoms with Crippen molar-refractivity contribution in [1.82, 2.24) is 19.8 Å². The van der Waals surface area contributed by atoms with Crippen molar-refractivity contribution in [3.05, 3.63) is 118 Å². The number of nitrogens with zero attached hydrogens (tertiary/aromatic N) is 8. The molecule has 0 aliphatic carbocycles. The van der Waals surface area contributed by atoms with Crippen LogP contribution in [-0.2, 0) is 13.1 Å². The molecule has 5 rings (SSSR count). The van der Waals surface area contributed by atoms with Gasteiger partial charge in [0.15, 0.2) is 0 Å². The molecule has 0 spiro atoms. The second-order valence-electron chi connectivity index (χ2n) is 13.3. The lowest BCUT2D eigenvalue weighted by atomic mass is 10.1. The summed E-state index contributed by atoms with van der Waals surface area (Å²) in [7, 11) is 0. The number of rotatable bonds is 4. The Morgan fingerprint density at radius 2 is 0.827 bits per heavy atom. The summed E-state index contributed by atoms with van der Waals surface area (Å²) < 4.78 is 0. The normalized spacial score (nSPS) is 16.3. The quantitative estimate of drug-likeness (QED) is 0.252. The van der Waals surface area contributed by atoms with Crippen LogP contribution in [-0.4, -0.2) is 107 Å². The Bertz CT molecular complexity index is 1590. The van der Waals surface area contributed by atoms with E-state index in [0.29, 0.717) is 48.4 Å². The van der Waals surface area contributed by atoms with Crippen LogP contribution in [0.1, 0.15) is 70.5 Å². The van der Waals surface area contributed by atoms with E-state index in [4.69, 9.17) is 0 Å². The number of aliphatic imine (C=N–C) groups is 4. The molecule has 4 aromatic rings. The zero-order chi connectivity index (χ0) is 36.4. The van der Waals surface area contributed by atoms with Crippen molar-refractivity contribution in [3.8, 4) is 11.5 Å². The van der Waals surface area contributed by atoms with Crippen molar-refractivity contribution < 1.29 is 10.2 Å². The van der Waals surface area contributed by atoms with Crippen molar-refractivity contribution in [2.24, 2.45) is 20.0 Å². The molecule has 4 bridgehead atoms. The van der Waals surface area contributed by atoms with Crippen LogP contribution in [0.2, 0.25) is 0 Å². The Labute approximate surface area is 308 Å². The van der Waals surface area contributed by atoms with Gasteiger partial charge in [-0.25, -0.2) is 0 Å². The molecule has 0 saturated carbocycles. The molecular formula is C42H52N8O2. The molecule has 3 heterocycles. The second-order valence-corrected chi connectivity index (χ2v) is 13.3. The summed E-state index contributed by atoms with van der Waals surface area (Å²) in [4.78, 5) is 32.6. The molecule has 0 amide bonds. The SMILES string of the molecule is Cc1cc2c(O)c(c1)C=NCCCN(Cc1ccccn1)CCCN=Cc1cc(C)cc(c1O)C=NCCCN(Cc1ccccn1)CCCN=C2. The van der Waals surface area contributed by atoms with Crippen LogP contribution in [0.25, 0.3) is 0 Å². The third-order valence-electron chi connectivity index (χ3n) is 8.82. The molecule has 2 aromatic heterocycles. The number of benzene rings is 2. The first-order valence-corrected chi connectivity index (χ1v) is 18.4. The predicted octanol–water partition coefficient (Wildman–Crippen LogP) is 6.46. The van der Waals surface area contributed by atoms with Gasteiger partial charge in [-0.2, -0.15) is 0 Å². The maximum absolute atomic E-state index is 11.1. The van der Waals surface area contributed by atoms with Crippen molar-refractivity contribution in [1.29, 1.82) is 0 Å². The largest absolute Gasteiger partial charge is 0.507 e. The molecule has 272 valence electrons. The van der Waals surface area contributed by atoms with Crippen LogP contribution in [0.4, 0.5) is 0 Å². The van der Waals surface area contributed by atoms with Gasteiger partial charge in [0.1, 0.15) is 11.5 Å². The average Bonchev–Trinajstić information content (AvgIpc) is 3.14. The van der Waals surface area contributed by atoms with Gasteiger partial charge < -0.3 is 10.2 Å². The van der Waals surface area contributed by atoms with Crippen molar-refractivity contribution in [2.45, 2.75) is 52.6 Å². The molecule has 0 radical (unpaired) electrons. The molecule has 1 aliphatic heterocycles. The molecule has 10 heteroatoms. The van der Waals surface area contributed by atoms with Gasteiger partial charge in [-0.15, -0.1) is 0 Å². The number of aryl methyl sites for hydroxylation is 2. The summed E-state index contributed by atoms with van der Waals surface area (Å²) in [5, 5.41) is 22.1. The molecule has 0 fully saturated rings. The van der Waals surface area contributed by atoms with E-state index in [1.165, 1.54) is 0 Å². The number of aromatic hydroxyl groups is 2. The Balaban J connectivity index is 1.31. The lowest BCUT2D eigenvalue weighted by Gasteiger charge is -2.21. The zero-order valence-corrected chi connectivity index (χ0v) is 30.6. The third-order valence-corrected chi connectivity index (χ3v) is 8.82. The molecule has 0 saturated heterocycles. The van der Waals surface area contributed by atoms with E-state index >= 15 is 0 Å². The van der Waals surface area contributed by atoms with Crippen molar-refractivity contribution in [2.75, 3.05) is 52.4 Å². The topological polar surface area (TPSA) is 122 Å². The van der Waals surface area contributed by atoms with Gasteiger partial charge in [-0.1, -0.05) is 12.1 Å². The monoisotopic (exact) mass is 700 g/mol. The fraction of sp³-hybridized carbons (Fsp3) is 0.381. The fourth-order valence-electron chi connectivity index (χ4n) is 6.24. The molecule has 2 aromatic carbocycles.